The minimum atomic E-state index is -0.611. The summed E-state index contributed by atoms with van der Waals surface area (Å²) in [6.07, 6.45) is 6.31. The first-order chi connectivity index (χ1) is 15.1. The van der Waals surface area contributed by atoms with Gasteiger partial charge in [0.2, 0.25) is 5.91 Å². The molecule has 168 valence electrons. The molecule has 0 radical (unpaired) electrons. The van der Waals surface area contributed by atoms with Gasteiger partial charge in [-0.2, -0.15) is 11.8 Å². The topological polar surface area (TPSA) is 83.8 Å². The Morgan fingerprint density at radius 1 is 1.19 bits per heavy atom. The molecule has 1 fully saturated rings. The van der Waals surface area contributed by atoms with Crippen LogP contribution in [-0.2, 0) is 4.79 Å². The lowest BCUT2D eigenvalue weighted by Gasteiger charge is -2.29. The summed E-state index contributed by atoms with van der Waals surface area (Å²) < 4.78 is 10.4. The number of likely N-dealkylation sites (tertiary alicyclic amines) is 1. The van der Waals surface area contributed by atoms with Crippen LogP contribution in [0.15, 0.2) is 47.1 Å². The number of ether oxygens (including phenoxy) is 1. The number of rotatable bonds is 11. The number of thioether (sulfide) groups is 1. The van der Waals surface area contributed by atoms with Crippen molar-refractivity contribution in [1.29, 1.82) is 0 Å². The van der Waals surface area contributed by atoms with Gasteiger partial charge < -0.3 is 19.8 Å². The van der Waals surface area contributed by atoms with Gasteiger partial charge in [0.15, 0.2) is 5.76 Å². The van der Waals surface area contributed by atoms with Crippen molar-refractivity contribution in [3.05, 3.63) is 54.0 Å². The molecule has 0 aliphatic carbocycles. The van der Waals surface area contributed by atoms with Crippen molar-refractivity contribution in [2.24, 2.45) is 0 Å². The monoisotopic (exact) mass is 445 g/mol. The van der Waals surface area contributed by atoms with E-state index in [1.807, 2.05) is 18.4 Å². The molecule has 3 rings (SSSR count). The summed E-state index contributed by atoms with van der Waals surface area (Å²) in [5.41, 5.74) is 1.14. The first kappa shape index (κ1) is 23.2. The van der Waals surface area contributed by atoms with Crippen molar-refractivity contribution >= 4 is 23.6 Å². The van der Waals surface area contributed by atoms with E-state index in [2.05, 4.69) is 27.7 Å². The molecule has 31 heavy (non-hydrogen) atoms. The highest BCUT2D eigenvalue weighted by molar-refractivity contribution is 7.98. The van der Waals surface area contributed by atoms with E-state index in [1.165, 1.54) is 6.26 Å². The van der Waals surface area contributed by atoms with Crippen molar-refractivity contribution < 1.29 is 18.7 Å². The number of carbonyl (C=O) groups excluding carboxylic acids is 2. The Morgan fingerprint density at radius 3 is 2.55 bits per heavy atom. The maximum Gasteiger partial charge on any atom is 0.287 e. The zero-order valence-corrected chi connectivity index (χ0v) is 19.0. The van der Waals surface area contributed by atoms with Gasteiger partial charge in [-0.1, -0.05) is 12.1 Å². The van der Waals surface area contributed by atoms with Crippen LogP contribution >= 0.6 is 11.8 Å². The SMILES string of the molecule is COc1ccc(C(CNC(=O)C(CCSC)NC(=O)c2ccco2)N2CCCC2)cc1. The van der Waals surface area contributed by atoms with E-state index in [0.717, 1.165) is 43.0 Å². The molecule has 2 heterocycles. The summed E-state index contributed by atoms with van der Waals surface area (Å²) >= 11 is 1.64. The van der Waals surface area contributed by atoms with Crippen molar-refractivity contribution in [3.63, 3.8) is 0 Å². The third-order valence-electron chi connectivity index (χ3n) is 5.53. The zero-order chi connectivity index (χ0) is 22.1. The van der Waals surface area contributed by atoms with E-state index >= 15 is 0 Å². The van der Waals surface area contributed by atoms with Gasteiger partial charge in [0.1, 0.15) is 11.8 Å². The molecule has 1 aromatic heterocycles. The minimum Gasteiger partial charge on any atom is -0.497 e. The molecule has 2 amide bonds. The molecule has 1 saturated heterocycles. The van der Waals surface area contributed by atoms with Gasteiger partial charge in [0.25, 0.3) is 5.91 Å². The maximum atomic E-state index is 13.0. The Hall–Kier alpha value is -2.45. The van der Waals surface area contributed by atoms with Crippen LogP contribution in [0, 0.1) is 0 Å². The summed E-state index contributed by atoms with van der Waals surface area (Å²) in [5.74, 6) is 1.23. The number of methoxy groups -OCH3 is 1. The average molecular weight is 446 g/mol. The highest BCUT2D eigenvalue weighted by Gasteiger charge is 2.27. The molecule has 7 nitrogen and oxygen atoms in total. The first-order valence-corrected chi connectivity index (χ1v) is 12.0. The predicted molar refractivity (Wildman–Crippen MR) is 123 cm³/mol. The van der Waals surface area contributed by atoms with Crippen molar-refractivity contribution in [3.8, 4) is 5.75 Å². The van der Waals surface area contributed by atoms with Gasteiger partial charge in [0.05, 0.1) is 19.4 Å². The van der Waals surface area contributed by atoms with Gasteiger partial charge in [-0.15, -0.1) is 0 Å². The van der Waals surface area contributed by atoms with Gasteiger partial charge >= 0.3 is 0 Å². The number of furan rings is 1. The van der Waals surface area contributed by atoms with Gasteiger partial charge in [-0.3, -0.25) is 14.5 Å². The Labute approximate surface area is 187 Å². The number of hydrogen-bond acceptors (Lipinski definition) is 6. The molecule has 1 aromatic carbocycles. The molecule has 0 saturated carbocycles. The normalized spacial score (nSPS) is 15.9. The standard InChI is InChI=1S/C23H31N3O4S/c1-29-18-9-7-17(8-10-18)20(26-12-3-4-13-26)16-24-22(27)19(11-15-31-2)25-23(28)21-6-5-14-30-21/h5-10,14,19-20H,3-4,11-13,15-16H2,1-2H3,(H,24,27)(H,25,28). The van der Waals surface area contributed by atoms with E-state index < -0.39 is 6.04 Å². The van der Waals surface area contributed by atoms with E-state index in [0.29, 0.717) is 13.0 Å². The second kappa shape index (κ2) is 11.8. The minimum absolute atomic E-state index is 0.0827. The fraction of sp³-hybridized carbons (Fsp3) is 0.478. The Kier molecular flexibility index (Phi) is 8.85. The zero-order valence-electron chi connectivity index (χ0n) is 18.1. The van der Waals surface area contributed by atoms with Crippen LogP contribution in [0.4, 0.5) is 0 Å². The molecular formula is C23H31N3O4S. The lowest BCUT2D eigenvalue weighted by atomic mass is 10.0. The fourth-order valence-electron chi connectivity index (χ4n) is 3.80. The largest absolute Gasteiger partial charge is 0.497 e. The number of nitrogens with one attached hydrogen (secondary N) is 2. The Bertz CT molecular complexity index is 820. The van der Waals surface area contributed by atoms with Crippen LogP contribution in [0.3, 0.4) is 0 Å². The van der Waals surface area contributed by atoms with E-state index in [-0.39, 0.29) is 23.6 Å². The number of amides is 2. The van der Waals surface area contributed by atoms with Gasteiger partial charge in [-0.25, -0.2) is 0 Å². The van der Waals surface area contributed by atoms with Crippen LogP contribution in [0.2, 0.25) is 0 Å². The van der Waals surface area contributed by atoms with Crippen LogP contribution in [0.1, 0.15) is 41.4 Å². The molecule has 8 heteroatoms. The predicted octanol–water partition coefficient (Wildman–Crippen LogP) is 3.09. The van der Waals surface area contributed by atoms with Crippen LogP contribution < -0.4 is 15.4 Å². The summed E-state index contributed by atoms with van der Waals surface area (Å²) in [6.45, 7) is 2.51. The molecular weight excluding hydrogens is 414 g/mol. The van der Waals surface area contributed by atoms with Crippen LogP contribution in [-0.4, -0.2) is 61.5 Å². The molecule has 2 atom stereocenters. The van der Waals surface area contributed by atoms with Crippen molar-refractivity contribution in [2.75, 3.05) is 38.8 Å². The fourth-order valence-corrected chi connectivity index (χ4v) is 4.27. The smallest absolute Gasteiger partial charge is 0.287 e. The summed E-state index contributed by atoms with van der Waals surface area (Å²) in [6, 6.07) is 10.7. The number of hydrogen-bond donors (Lipinski definition) is 2. The van der Waals surface area contributed by atoms with Crippen molar-refractivity contribution in [2.45, 2.75) is 31.3 Å². The highest BCUT2D eigenvalue weighted by atomic mass is 32.2. The third kappa shape index (κ3) is 6.51. The van der Waals surface area contributed by atoms with E-state index in [4.69, 9.17) is 9.15 Å². The molecule has 2 N–H and O–H groups in total. The highest BCUT2D eigenvalue weighted by Crippen LogP contribution is 2.26. The Morgan fingerprint density at radius 2 is 1.94 bits per heavy atom. The summed E-state index contributed by atoms with van der Waals surface area (Å²) in [7, 11) is 1.65. The summed E-state index contributed by atoms with van der Waals surface area (Å²) in [5, 5.41) is 5.89. The quantitative estimate of drug-likeness (QED) is 0.553. The van der Waals surface area contributed by atoms with Crippen molar-refractivity contribution in [1.82, 2.24) is 15.5 Å². The third-order valence-corrected chi connectivity index (χ3v) is 6.17. The lowest BCUT2D eigenvalue weighted by Crippen LogP contribution is -2.49. The molecule has 1 aliphatic heterocycles. The second-order valence-electron chi connectivity index (χ2n) is 7.56. The molecule has 2 aromatic rings. The maximum absolute atomic E-state index is 13.0. The number of carbonyl (C=O) groups is 2. The van der Waals surface area contributed by atoms with E-state index in [1.54, 1.807) is 31.0 Å². The number of nitrogens with zero attached hydrogens (tertiary/aromatic N) is 1. The molecule has 0 spiro atoms. The average Bonchev–Trinajstić information content (AvgIpc) is 3.51. The summed E-state index contributed by atoms with van der Waals surface area (Å²) in [4.78, 5) is 27.8. The molecule has 2 unspecified atom stereocenters. The molecule has 1 aliphatic rings. The first-order valence-electron chi connectivity index (χ1n) is 10.6. The van der Waals surface area contributed by atoms with Crippen LogP contribution in [0.5, 0.6) is 5.75 Å². The lowest BCUT2D eigenvalue weighted by molar-refractivity contribution is -0.123. The molecule has 0 bridgehead atoms. The van der Waals surface area contributed by atoms with Crippen LogP contribution in [0.25, 0.3) is 0 Å². The number of benzene rings is 1. The van der Waals surface area contributed by atoms with Gasteiger partial charge in [-0.05, 0) is 74.2 Å². The Balaban J connectivity index is 1.66. The van der Waals surface area contributed by atoms with Gasteiger partial charge in [0, 0.05) is 6.54 Å². The second-order valence-corrected chi connectivity index (χ2v) is 8.55. The van der Waals surface area contributed by atoms with E-state index in [9.17, 15) is 9.59 Å².